The van der Waals surface area contributed by atoms with Crippen molar-refractivity contribution >= 4 is 34.5 Å². The first-order valence-electron chi connectivity index (χ1n) is 9.18. The SMILES string of the molecule is CCC(NC(=O)CCC(=O)O)c1nc2ccccc2n1Cc1ccc(Cl)cc1. The van der Waals surface area contributed by atoms with E-state index in [0.717, 1.165) is 22.4 Å². The topological polar surface area (TPSA) is 84.2 Å². The number of imidazole rings is 1. The first-order valence-corrected chi connectivity index (χ1v) is 9.56. The Labute approximate surface area is 168 Å². The third kappa shape index (κ3) is 4.70. The van der Waals surface area contributed by atoms with Crippen LogP contribution in [0.2, 0.25) is 5.02 Å². The van der Waals surface area contributed by atoms with E-state index in [1.807, 2.05) is 55.5 Å². The van der Waals surface area contributed by atoms with Gasteiger partial charge in [-0.25, -0.2) is 4.98 Å². The summed E-state index contributed by atoms with van der Waals surface area (Å²) >= 11 is 5.99. The van der Waals surface area contributed by atoms with Crippen LogP contribution in [0, 0.1) is 0 Å². The number of amides is 1. The molecule has 1 atom stereocenters. The summed E-state index contributed by atoms with van der Waals surface area (Å²) in [6.45, 7) is 2.56. The van der Waals surface area contributed by atoms with Gasteiger partial charge in [0.15, 0.2) is 0 Å². The number of carboxylic acid groups (broad SMARTS) is 1. The van der Waals surface area contributed by atoms with E-state index in [1.165, 1.54) is 0 Å². The predicted molar refractivity (Wildman–Crippen MR) is 108 cm³/mol. The van der Waals surface area contributed by atoms with E-state index in [1.54, 1.807) is 0 Å². The first kappa shape index (κ1) is 19.9. The number of carboxylic acids is 1. The Morgan fingerprint density at radius 2 is 1.86 bits per heavy atom. The van der Waals surface area contributed by atoms with Gasteiger partial charge in [-0.2, -0.15) is 0 Å². The van der Waals surface area contributed by atoms with Crippen molar-refractivity contribution in [3.05, 3.63) is 64.9 Å². The van der Waals surface area contributed by atoms with Gasteiger partial charge in [-0.1, -0.05) is 42.8 Å². The molecule has 7 heteroatoms. The van der Waals surface area contributed by atoms with Crippen LogP contribution < -0.4 is 5.32 Å². The number of rotatable bonds is 8. The number of hydrogen-bond donors (Lipinski definition) is 2. The van der Waals surface area contributed by atoms with Crippen LogP contribution in [0.3, 0.4) is 0 Å². The molecule has 2 aromatic carbocycles. The summed E-state index contributed by atoms with van der Waals surface area (Å²) in [6, 6.07) is 15.1. The number of carbonyl (C=O) groups is 2. The van der Waals surface area contributed by atoms with Gasteiger partial charge in [0.1, 0.15) is 5.82 Å². The van der Waals surface area contributed by atoms with E-state index in [-0.39, 0.29) is 24.8 Å². The fourth-order valence-corrected chi connectivity index (χ4v) is 3.26. The highest BCUT2D eigenvalue weighted by Gasteiger charge is 2.21. The predicted octanol–water partition coefficient (Wildman–Crippen LogP) is 4.17. The van der Waals surface area contributed by atoms with E-state index >= 15 is 0 Å². The van der Waals surface area contributed by atoms with Crippen molar-refractivity contribution < 1.29 is 14.7 Å². The van der Waals surface area contributed by atoms with Gasteiger partial charge in [0.25, 0.3) is 0 Å². The monoisotopic (exact) mass is 399 g/mol. The fourth-order valence-electron chi connectivity index (χ4n) is 3.13. The van der Waals surface area contributed by atoms with Crippen LogP contribution in [0.15, 0.2) is 48.5 Å². The van der Waals surface area contributed by atoms with Gasteiger partial charge in [0.2, 0.25) is 5.91 Å². The second-order valence-electron chi connectivity index (χ2n) is 6.59. The largest absolute Gasteiger partial charge is 0.481 e. The lowest BCUT2D eigenvalue weighted by atomic mass is 10.1. The van der Waals surface area contributed by atoms with Crippen molar-refractivity contribution in [1.82, 2.24) is 14.9 Å². The van der Waals surface area contributed by atoms with Crippen LogP contribution in [-0.4, -0.2) is 26.5 Å². The highest BCUT2D eigenvalue weighted by atomic mass is 35.5. The van der Waals surface area contributed by atoms with Crippen molar-refractivity contribution in [2.45, 2.75) is 38.8 Å². The summed E-state index contributed by atoms with van der Waals surface area (Å²) in [5.74, 6) is -0.528. The fraction of sp³-hybridized carbons (Fsp3) is 0.286. The molecule has 0 spiro atoms. The number of nitrogens with one attached hydrogen (secondary N) is 1. The molecule has 1 heterocycles. The van der Waals surface area contributed by atoms with Crippen LogP contribution in [0.1, 0.15) is 43.6 Å². The number of aromatic nitrogens is 2. The molecule has 1 amide bonds. The van der Waals surface area contributed by atoms with Gasteiger partial charge >= 0.3 is 5.97 Å². The normalized spacial score (nSPS) is 12.1. The van der Waals surface area contributed by atoms with Crippen LogP contribution in [-0.2, 0) is 16.1 Å². The third-order valence-corrected chi connectivity index (χ3v) is 4.81. The quantitative estimate of drug-likeness (QED) is 0.595. The first-order chi connectivity index (χ1) is 13.5. The van der Waals surface area contributed by atoms with E-state index < -0.39 is 5.97 Å². The van der Waals surface area contributed by atoms with Crippen molar-refractivity contribution in [3.63, 3.8) is 0 Å². The molecule has 0 aliphatic rings. The van der Waals surface area contributed by atoms with Gasteiger partial charge in [0.05, 0.1) is 23.5 Å². The van der Waals surface area contributed by atoms with Crippen LogP contribution in [0.5, 0.6) is 0 Å². The molecular formula is C21H22ClN3O3. The lowest BCUT2D eigenvalue weighted by Gasteiger charge is -2.19. The molecule has 3 rings (SSSR count). The summed E-state index contributed by atoms with van der Waals surface area (Å²) in [4.78, 5) is 27.7. The van der Waals surface area contributed by atoms with E-state index in [2.05, 4.69) is 9.88 Å². The summed E-state index contributed by atoms with van der Waals surface area (Å²) in [6.07, 6.45) is 0.398. The van der Waals surface area contributed by atoms with Crippen LogP contribution in [0.4, 0.5) is 0 Å². The summed E-state index contributed by atoms with van der Waals surface area (Å²) < 4.78 is 2.09. The molecular weight excluding hydrogens is 378 g/mol. The molecule has 0 fully saturated rings. The molecule has 3 aromatic rings. The molecule has 0 saturated carbocycles. The minimum absolute atomic E-state index is 0.0523. The molecule has 0 aliphatic carbocycles. The number of benzene rings is 2. The maximum absolute atomic E-state index is 12.2. The lowest BCUT2D eigenvalue weighted by molar-refractivity contribution is -0.138. The van der Waals surface area contributed by atoms with Crippen LogP contribution >= 0.6 is 11.6 Å². The molecule has 146 valence electrons. The molecule has 0 bridgehead atoms. The zero-order valence-corrected chi connectivity index (χ0v) is 16.3. The number of aliphatic carboxylic acids is 1. The van der Waals surface area contributed by atoms with E-state index in [4.69, 9.17) is 21.7 Å². The Hall–Kier alpha value is -2.86. The highest BCUT2D eigenvalue weighted by molar-refractivity contribution is 6.30. The van der Waals surface area contributed by atoms with E-state index in [9.17, 15) is 9.59 Å². The maximum Gasteiger partial charge on any atom is 0.303 e. The molecule has 6 nitrogen and oxygen atoms in total. The molecule has 1 unspecified atom stereocenters. The summed E-state index contributed by atoms with van der Waals surface area (Å²) in [5, 5.41) is 12.4. The number of fused-ring (bicyclic) bond motifs is 1. The molecule has 0 aliphatic heterocycles. The Morgan fingerprint density at radius 3 is 2.54 bits per heavy atom. The standard InChI is InChI=1S/C21H22ClN3O3/c1-2-16(23-19(26)11-12-20(27)28)21-24-17-5-3-4-6-18(17)25(21)13-14-7-9-15(22)10-8-14/h3-10,16H,2,11-13H2,1H3,(H,23,26)(H,27,28). The Bertz CT molecular complexity index is 982. The summed E-state index contributed by atoms with van der Waals surface area (Å²) in [7, 11) is 0. The minimum Gasteiger partial charge on any atom is -0.481 e. The Balaban J connectivity index is 1.93. The van der Waals surface area contributed by atoms with Gasteiger partial charge in [-0.3, -0.25) is 9.59 Å². The van der Waals surface area contributed by atoms with Gasteiger partial charge < -0.3 is 15.0 Å². The lowest BCUT2D eigenvalue weighted by Crippen LogP contribution is -2.30. The number of nitrogens with zero attached hydrogens (tertiary/aromatic N) is 2. The number of carbonyl (C=O) groups excluding carboxylic acids is 1. The Kier molecular flexibility index (Phi) is 6.31. The molecule has 1 aromatic heterocycles. The zero-order chi connectivity index (χ0) is 20.1. The van der Waals surface area contributed by atoms with Crippen molar-refractivity contribution in [1.29, 1.82) is 0 Å². The van der Waals surface area contributed by atoms with Crippen molar-refractivity contribution in [3.8, 4) is 0 Å². The highest BCUT2D eigenvalue weighted by Crippen LogP contribution is 2.24. The van der Waals surface area contributed by atoms with Crippen molar-refractivity contribution in [2.24, 2.45) is 0 Å². The third-order valence-electron chi connectivity index (χ3n) is 4.56. The van der Waals surface area contributed by atoms with Gasteiger partial charge in [-0.15, -0.1) is 0 Å². The van der Waals surface area contributed by atoms with Crippen LogP contribution in [0.25, 0.3) is 11.0 Å². The second kappa shape index (κ2) is 8.89. The van der Waals surface area contributed by atoms with Crippen molar-refractivity contribution in [2.75, 3.05) is 0 Å². The average Bonchev–Trinajstić information content (AvgIpc) is 3.04. The molecule has 2 N–H and O–H groups in total. The number of halogens is 1. The summed E-state index contributed by atoms with van der Waals surface area (Å²) in [5.41, 5.74) is 2.90. The number of hydrogen-bond acceptors (Lipinski definition) is 3. The Morgan fingerprint density at radius 1 is 1.14 bits per heavy atom. The van der Waals surface area contributed by atoms with Gasteiger partial charge in [0, 0.05) is 18.0 Å². The minimum atomic E-state index is -0.988. The van der Waals surface area contributed by atoms with Gasteiger partial charge in [-0.05, 0) is 36.2 Å². The maximum atomic E-state index is 12.2. The number of para-hydroxylation sites is 2. The average molecular weight is 400 g/mol. The molecule has 28 heavy (non-hydrogen) atoms. The van der Waals surface area contributed by atoms with E-state index in [0.29, 0.717) is 18.0 Å². The molecule has 0 saturated heterocycles. The smallest absolute Gasteiger partial charge is 0.303 e. The zero-order valence-electron chi connectivity index (χ0n) is 15.6. The molecule has 0 radical (unpaired) electrons. The second-order valence-corrected chi connectivity index (χ2v) is 7.03.